The number of carbonyl (C=O) groups is 2. The first-order chi connectivity index (χ1) is 14.1. The number of carbonyl (C=O) groups excluding carboxylic acids is 1. The molecule has 1 fully saturated rings. The summed E-state index contributed by atoms with van der Waals surface area (Å²) in [5.41, 5.74) is 0. The minimum Gasteiger partial charge on any atom is -0.481 e. The monoisotopic (exact) mass is 405 g/mol. The van der Waals surface area contributed by atoms with E-state index < -0.39 is 11.9 Å². The van der Waals surface area contributed by atoms with Crippen LogP contribution in [-0.2, 0) is 9.59 Å². The van der Waals surface area contributed by atoms with Gasteiger partial charge in [-0.15, -0.1) is 0 Å². The van der Waals surface area contributed by atoms with Crippen LogP contribution in [-0.4, -0.2) is 23.5 Å². The molecular formula is C25H43NO3. The lowest BCUT2D eigenvalue weighted by molar-refractivity contribution is -0.147. The van der Waals surface area contributed by atoms with Crippen LogP contribution in [0.15, 0.2) is 12.2 Å². The fourth-order valence-corrected chi connectivity index (χ4v) is 5.17. The van der Waals surface area contributed by atoms with E-state index in [-0.39, 0.29) is 23.7 Å². The SMILES string of the molecule is CCCCCCCCCCCCCCCCNC(=O)[C@@H]1[C@@H](C(=O)O)[C@H]2C=C[C@@H]1C2. The number of unbranched alkanes of at least 4 members (excludes halogenated alkanes) is 13. The van der Waals surface area contributed by atoms with Crippen LogP contribution in [0.2, 0.25) is 0 Å². The summed E-state index contributed by atoms with van der Waals surface area (Å²) in [5.74, 6) is -1.59. The van der Waals surface area contributed by atoms with Crippen LogP contribution in [0, 0.1) is 23.7 Å². The second kappa shape index (κ2) is 13.8. The summed E-state index contributed by atoms with van der Waals surface area (Å²) < 4.78 is 0. The molecule has 0 unspecified atom stereocenters. The maximum Gasteiger partial charge on any atom is 0.307 e. The molecule has 0 radical (unpaired) electrons. The zero-order chi connectivity index (χ0) is 20.9. The predicted octanol–water partition coefficient (Wildman–Crippen LogP) is 6.11. The highest BCUT2D eigenvalue weighted by atomic mass is 16.4. The minimum absolute atomic E-state index is 0.0503. The van der Waals surface area contributed by atoms with Gasteiger partial charge >= 0.3 is 5.97 Å². The number of fused-ring (bicyclic) bond motifs is 2. The van der Waals surface area contributed by atoms with Crippen LogP contribution in [0.5, 0.6) is 0 Å². The van der Waals surface area contributed by atoms with Crippen molar-refractivity contribution in [1.82, 2.24) is 5.32 Å². The highest BCUT2D eigenvalue weighted by Crippen LogP contribution is 2.48. The average Bonchev–Trinajstić information content (AvgIpc) is 3.32. The van der Waals surface area contributed by atoms with Crippen molar-refractivity contribution < 1.29 is 14.7 Å². The zero-order valence-corrected chi connectivity index (χ0v) is 18.5. The molecule has 4 nitrogen and oxygen atoms in total. The molecule has 0 aromatic rings. The molecule has 166 valence electrons. The van der Waals surface area contributed by atoms with Gasteiger partial charge in [0.1, 0.15) is 0 Å². The molecule has 0 saturated heterocycles. The minimum atomic E-state index is -0.821. The van der Waals surface area contributed by atoms with Crippen LogP contribution in [0.3, 0.4) is 0 Å². The van der Waals surface area contributed by atoms with Gasteiger partial charge in [-0.3, -0.25) is 9.59 Å². The number of carboxylic acid groups (broad SMARTS) is 1. The second-order valence-electron chi connectivity index (χ2n) is 9.23. The van der Waals surface area contributed by atoms with E-state index in [4.69, 9.17) is 0 Å². The molecular weight excluding hydrogens is 362 g/mol. The lowest BCUT2D eigenvalue weighted by atomic mass is 9.82. The topological polar surface area (TPSA) is 66.4 Å². The molecule has 4 atom stereocenters. The van der Waals surface area contributed by atoms with E-state index in [0.717, 1.165) is 19.3 Å². The second-order valence-corrected chi connectivity index (χ2v) is 9.23. The first-order valence-electron chi connectivity index (χ1n) is 12.3. The van der Waals surface area contributed by atoms with Gasteiger partial charge in [-0.1, -0.05) is 103 Å². The zero-order valence-electron chi connectivity index (χ0n) is 18.5. The van der Waals surface area contributed by atoms with Gasteiger partial charge in [0.2, 0.25) is 5.91 Å². The molecule has 2 bridgehead atoms. The Hall–Kier alpha value is -1.32. The molecule has 2 aliphatic carbocycles. The summed E-state index contributed by atoms with van der Waals surface area (Å²) in [7, 11) is 0. The quantitative estimate of drug-likeness (QED) is 0.227. The van der Waals surface area contributed by atoms with Gasteiger partial charge in [-0.05, 0) is 24.7 Å². The molecule has 2 rings (SSSR count). The van der Waals surface area contributed by atoms with E-state index >= 15 is 0 Å². The molecule has 1 saturated carbocycles. The molecule has 0 heterocycles. The third kappa shape index (κ3) is 8.14. The average molecular weight is 406 g/mol. The van der Waals surface area contributed by atoms with Crippen molar-refractivity contribution in [1.29, 1.82) is 0 Å². The summed E-state index contributed by atoms with van der Waals surface area (Å²) in [6.07, 6.45) is 23.4. The number of hydrogen-bond acceptors (Lipinski definition) is 2. The number of hydrogen-bond donors (Lipinski definition) is 2. The van der Waals surface area contributed by atoms with Crippen LogP contribution in [0.4, 0.5) is 0 Å². The van der Waals surface area contributed by atoms with Crippen LogP contribution in [0.25, 0.3) is 0 Å². The molecule has 0 aromatic heterocycles. The van der Waals surface area contributed by atoms with Crippen molar-refractivity contribution in [3.8, 4) is 0 Å². The maximum atomic E-state index is 12.5. The number of carboxylic acids is 1. The van der Waals surface area contributed by atoms with E-state index in [2.05, 4.69) is 12.2 Å². The van der Waals surface area contributed by atoms with E-state index in [1.54, 1.807) is 0 Å². The lowest BCUT2D eigenvalue weighted by Crippen LogP contribution is -2.40. The Kier molecular flexibility index (Phi) is 11.4. The van der Waals surface area contributed by atoms with Crippen molar-refractivity contribution in [2.24, 2.45) is 23.7 Å². The molecule has 1 amide bonds. The van der Waals surface area contributed by atoms with E-state index in [0.29, 0.717) is 6.54 Å². The predicted molar refractivity (Wildman–Crippen MR) is 119 cm³/mol. The molecule has 4 heteroatoms. The van der Waals surface area contributed by atoms with Gasteiger partial charge in [0.15, 0.2) is 0 Å². The molecule has 2 aliphatic rings. The number of amides is 1. The summed E-state index contributed by atoms with van der Waals surface area (Å²) in [6, 6.07) is 0. The van der Waals surface area contributed by atoms with Crippen molar-refractivity contribution >= 4 is 11.9 Å². The Morgan fingerprint density at radius 3 is 1.69 bits per heavy atom. The number of nitrogens with one attached hydrogen (secondary N) is 1. The van der Waals surface area contributed by atoms with E-state index in [1.807, 2.05) is 12.2 Å². The van der Waals surface area contributed by atoms with Gasteiger partial charge < -0.3 is 10.4 Å². The number of allylic oxidation sites excluding steroid dienone is 2. The Morgan fingerprint density at radius 1 is 0.759 bits per heavy atom. The Labute approximate surface area is 177 Å². The van der Waals surface area contributed by atoms with E-state index in [9.17, 15) is 14.7 Å². The van der Waals surface area contributed by atoms with Crippen molar-refractivity contribution in [3.63, 3.8) is 0 Å². The van der Waals surface area contributed by atoms with Gasteiger partial charge in [0.25, 0.3) is 0 Å². The highest BCUT2D eigenvalue weighted by molar-refractivity contribution is 5.86. The normalized spacial score (nSPS) is 24.9. The number of rotatable bonds is 17. The van der Waals surface area contributed by atoms with Gasteiger partial charge in [0.05, 0.1) is 11.8 Å². The Balaban J connectivity index is 1.40. The van der Waals surface area contributed by atoms with Gasteiger partial charge in [-0.25, -0.2) is 0 Å². The molecule has 0 spiro atoms. The smallest absolute Gasteiger partial charge is 0.307 e. The largest absolute Gasteiger partial charge is 0.481 e. The third-order valence-electron chi connectivity index (χ3n) is 6.88. The molecule has 0 aromatic carbocycles. The first-order valence-corrected chi connectivity index (χ1v) is 12.3. The Morgan fingerprint density at radius 2 is 1.21 bits per heavy atom. The highest BCUT2D eigenvalue weighted by Gasteiger charge is 2.51. The van der Waals surface area contributed by atoms with Crippen LogP contribution < -0.4 is 5.32 Å². The Bertz CT molecular complexity index is 516. The fourth-order valence-electron chi connectivity index (χ4n) is 5.17. The van der Waals surface area contributed by atoms with Crippen molar-refractivity contribution in [3.05, 3.63) is 12.2 Å². The molecule has 0 aliphatic heterocycles. The van der Waals surface area contributed by atoms with Gasteiger partial charge in [-0.2, -0.15) is 0 Å². The third-order valence-corrected chi connectivity index (χ3v) is 6.88. The van der Waals surface area contributed by atoms with Crippen LogP contribution in [0.1, 0.15) is 103 Å². The molecule has 2 N–H and O–H groups in total. The maximum absolute atomic E-state index is 12.5. The lowest BCUT2D eigenvalue weighted by Gasteiger charge is -2.23. The fraction of sp³-hybridized carbons (Fsp3) is 0.840. The van der Waals surface area contributed by atoms with Crippen LogP contribution >= 0.6 is 0 Å². The summed E-state index contributed by atoms with van der Waals surface area (Å²) in [4.78, 5) is 24.0. The van der Waals surface area contributed by atoms with Gasteiger partial charge in [0, 0.05) is 6.54 Å². The number of aliphatic carboxylic acids is 1. The molecule has 29 heavy (non-hydrogen) atoms. The summed E-state index contributed by atoms with van der Waals surface area (Å²) in [6.45, 7) is 2.95. The van der Waals surface area contributed by atoms with E-state index in [1.165, 1.54) is 77.0 Å². The first kappa shape index (κ1) is 24.0. The van der Waals surface area contributed by atoms with Crippen molar-refractivity contribution in [2.45, 2.75) is 103 Å². The summed E-state index contributed by atoms with van der Waals surface area (Å²) >= 11 is 0. The summed E-state index contributed by atoms with van der Waals surface area (Å²) in [5, 5.41) is 12.4. The van der Waals surface area contributed by atoms with Crippen molar-refractivity contribution in [2.75, 3.05) is 6.54 Å². The standard InChI is InChI=1S/C25H43NO3/c1-2-3-4-5-6-7-8-9-10-11-12-13-14-15-18-26-24(27)22-20-16-17-21(19-20)23(22)25(28)29/h16-17,20-23H,2-15,18-19H2,1H3,(H,26,27)(H,28,29)/t20-,21+,22+,23+/m1/s1.